The molecule has 66 heavy (non-hydrogen) atoms. The Bertz CT molecular complexity index is 2420. The molecule has 17 heteroatoms. The number of hydrazine groups is 1. The summed E-state index contributed by atoms with van der Waals surface area (Å²) in [6, 6.07) is 7.70. The molecule has 0 spiro atoms. The quantitative estimate of drug-likeness (QED) is 0.181. The van der Waals surface area contributed by atoms with Gasteiger partial charge in [-0.05, 0) is 81.7 Å². The predicted molar refractivity (Wildman–Crippen MR) is 252 cm³/mol. The number of esters is 1. The zero-order valence-electron chi connectivity index (χ0n) is 39.6. The maximum atomic E-state index is 14.6. The number of hydrogen-bond donors (Lipinski definition) is 2. The van der Waals surface area contributed by atoms with Crippen LogP contribution in [-0.4, -0.2) is 142 Å². The molecule has 3 fully saturated rings. The molecule has 15 nitrogen and oxygen atoms in total. The third-order valence-corrected chi connectivity index (χ3v) is 14.8. The van der Waals surface area contributed by atoms with Crippen molar-refractivity contribution >= 4 is 46.1 Å². The van der Waals surface area contributed by atoms with Crippen molar-refractivity contribution in [3.05, 3.63) is 58.2 Å². The Morgan fingerprint density at radius 1 is 1.11 bits per heavy atom. The first-order chi connectivity index (χ1) is 31.6. The molecule has 356 valence electrons. The van der Waals surface area contributed by atoms with E-state index < -0.39 is 47.5 Å². The second kappa shape index (κ2) is 19.7. The number of aryl methyl sites for hydroxylation is 1. The number of benzene rings is 1. The first kappa shape index (κ1) is 47.5. The highest BCUT2D eigenvalue weighted by Crippen LogP contribution is 2.42. The van der Waals surface area contributed by atoms with E-state index >= 15 is 0 Å². The lowest BCUT2D eigenvalue weighted by atomic mass is 9.84. The van der Waals surface area contributed by atoms with Crippen LogP contribution < -0.4 is 10.7 Å². The van der Waals surface area contributed by atoms with Crippen LogP contribution in [-0.2, 0) is 43.2 Å². The number of ether oxygens (including phenoxy) is 2. The average Bonchev–Trinajstić information content (AvgIpc) is 3.90. The molecule has 7 heterocycles. The van der Waals surface area contributed by atoms with E-state index in [2.05, 4.69) is 65.2 Å². The van der Waals surface area contributed by atoms with Gasteiger partial charge in [0.05, 0.1) is 34.8 Å². The number of alkyl halides is 1. The van der Waals surface area contributed by atoms with Crippen molar-refractivity contribution < 1.29 is 33.0 Å². The largest absolute Gasteiger partial charge is 0.464 e. The Labute approximate surface area is 391 Å². The standard InChI is InChI=1S/C49H66FN9O6S/c1-9-58-40-15-14-31-22-35(40)36(44(58)34-12-10-18-51-42(34)30(4)64-8)24-49(5,6)28-65-47(62)37-13-11-19-59(54-37)46(61)38(23-41-52-39(31)27-66-41)53-45(60)43(29(2)3)55(7)48(63)56-20-16-33(17-21-56)57-25-32(50)26-57/h10,12,14-15,18,22,27,29-30,32-33,37-38,43,54H,9,11,13,16-17,19-21,23-26,28H2,1-8H3,(H,53,60)/t30-,37-,38-,43-/m0/s1. The number of urea groups is 1. The van der Waals surface area contributed by atoms with E-state index in [1.165, 1.54) is 21.2 Å². The summed E-state index contributed by atoms with van der Waals surface area (Å²) in [5.74, 6) is -1.60. The van der Waals surface area contributed by atoms with Gasteiger partial charge in [-0.15, -0.1) is 11.3 Å². The number of halogens is 1. The summed E-state index contributed by atoms with van der Waals surface area (Å²) >= 11 is 1.42. The van der Waals surface area contributed by atoms with Crippen molar-refractivity contribution in [1.29, 1.82) is 0 Å². The highest BCUT2D eigenvalue weighted by atomic mass is 32.1. The third kappa shape index (κ3) is 9.72. The maximum Gasteiger partial charge on any atom is 0.324 e. The van der Waals surface area contributed by atoms with Gasteiger partial charge in [0.25, 0.3) is 5.91 Å². The van der Waals surface area contributed by atoms with Gasteiger partial charge in [-0.25, -0.2) is 19.6 Å². The van der Waals surface area contributed by atoms with Gasteiger partial charge in [0, 0.05) is 105 Å². The number of cyclic esters (lactones) is 1. The fourth-order valence-corrected chi connectivity index (χ4v) is 11.1. The molecule has 0 unspecified atom stereocenters. The second-order valence-corrected chi connectivity index (χ2v) is 20.6. The van der Waals surface area contributed by atoms with Crippen molar-refractivity contribution in [3.8, 4) is 22.5 Å². The zero-order valence-corrected chi connectivity index (χ0v) is 40.5. The van der Waals surface area contributed by atoms with Crippen molar-refractivity contribution in [2.24, 2.45) is 11.3 Å². The number of likely N-dealkylation sites (tertiary alicyclic amines) is 2. The maximum absolute atomic E-state index is 14.6. The van der Waals surface area contributed by atoms with E-state index in [4.69, 9.17) is 19.4 Å². The summed E-state index contributed by atoms with van der Waals surface area (Å²) in [6.07, 6.45) is 3.95. The Balaban J connectivity index is 1.12. The molecule has 1 aromatic carbocycles. The monoisotopic (exact) mass is 927 g/mol. The number of fused-ring (bicyclic) bond motifs is 6. The van der Waals surface area contributed by atoms with Crippen LogP contribution in [0.25, 0.3) is 33.4 Å². The number of carbonyl (C=O) groups excluding carboxylic acids is 4. The summed E-state index contributed by atoms with van der Waals surface area (Å²) in [5, 5.41) is 8.17. The molecule has 4 aliphatic heterocycles. The number of rotatable bonds is 9. The van der Waals surface area contributed by atoms with Gasteiger partial charge in [-0.3, -0.25) is 29.3 Å². The van der Waals surface area contributed by atoms with E-state index in [1.807, 2.05) is 32.2 Å². The number of amides is 4. The van der Waals surface area contributed by atoms with Crippen LogP contribution in [0.4, 0.5) is 9.18 Å². The molecular weight excluding hydrogens is 862 g/mol. The number of aromatic nitrogens is 3. The number of nitrogens with one attached hydrogen (secondary N) is 2. The molecular formula is C49H66FN9O6S. The predicted octanol–water partition coefficient (Wildman–Crippen LogP) is 6.40. The van der Waals surface area contributed by atoms with Crippen LogP contribution in [0, 0.1) is 11.3 Å². The van der Waals surface area contributed by atoms with Gasteiger partial charge in [-0.2, -0.15) is 0 Å². The molecule has 3 aromatic heterocycles. The van der Waals surface area contributed by atoms with E-state index in [1.54, 1.807) is 25.3 Å². The summed E-state index contributed by atoms with van der Waals surface area (Å²) in [7, 11) is 3.33. The third-order valence-electron chi connectivity index (χ3n) is 13.9. The molecule has 2 N–H and O–H groups in total. The number of thiazole rings is 1. The first-order valence-corrected chi connectivity index (χ1v) is 24.5. The molecule has 4 atom stereocenters. The van der Waals surface area contributed by atoms with Crippen molar-refractivity contribution in [2.45, 2.75) is 123 Å². The number of carbonyl (C=O) groups is 4. The van der Waals surface area contributed by atoms with Gasteiger partial charge in [-0.1, -0.05) is 33.8 Å². The lowest BCUT2D eigenvalue weighted by molar-refractivity contribution is -0.155. The number of piperidine rings is 1. The molecule has 0 saturated carbocycles. The van der Waals surface area contributed by atoms with Crippen molar-refractivity contribution in [3.63, 3.8) is 0 Å². The smallest absolute Gasteiger partial charge is 0.324 e. The van der Waals surface area contributed by atoms with Gasteiger partial charge < -0.3 is 29.2 Å². The lowest BCUT2D eigenvalue weighted by Crippen LogP contribution is -2.63. The molecule has 0 radical (unpaired) electrons. The van der Waals surface area contributed by atoms with Gasteiger partial charge >= 0.3 is 12.0 Å². The minimum atomic E-state index is -1.06. The van der Waals surface area contributed by atoms with Crippen molar-refractivity contribution in [1.82, 2.24) is 45.0 Å². The van der Waals surface area contributed by atoms with Crippen molar-refractivity contribution in [2.75, 3.05) is 53.5 Å². The van der Waals surface area contributed by atoms with Gasteiger partial charge in [0.15, 0.2) is 0 Å². The second-order valence-electron chi connectivity index (χ2n) is 19.6. The lowest BCUT2D eigenvalue weighted by Gasteiger charge is -2.45. The van der Waals surface area contributed by atoms with Crippen LogP contribution in [0.1, 0.15) is 89.6 Å². The minimum absolute atomic E-state index is 0.0915. The molecule has 3 saturated heterocycles. The van der Waals surface area contributed by atoms with Gasteiger partial charge in [0.1, 0.15) is 24.3 Å². The van der Waals surface area contributed by atoms with E-state index in [0.717, 1.165) is 57.5 Å². The summed E-state index contributed by atoms with van der Waals surface area (Å²) < 4.78 is 27.8. The SMILES string of the molecule is CCn1c(-c2cccnc2[C@H](C)OC)c2c3cc(ccc31)-c1csc(n1)C[C@H](NC(=O)[C@H](C(C)C)N(C)C(=O)N1CCC(N3CC(F)C3)CC1)C(=O)N1CCC[C@H](N1)C(=O)OCC(C)(C)C2. The highest BCUT2D eigenvalue weighted by molar-refractivity contribution is 7.10. The Morgan fingerprint density at radius 3 is 2.56 bits per heavy atom. The summed E-state index contributed by atoms with van der Waals surface area (Å²) in [4.78, 5) is 72.3. The van der Waals surface area contributed by atoms with E-state index in [0.29, 0.717) is 63.5 Å². The molecule has 4 aliphatic rings. The normalized spacial score (nSPS) is 22.2. The number of nitrogens with zero attached hydrogens (tertiary/aromatic N) is 7. The fourth-order valence-electron chi connectivity index (χ4n) is 10.3. The molecule has 4 aromatic rings. The Hall–Kier alpha value is -4.97. The highest BCUT2D eigenvalue weighted by Gasteiger charge is 2.40. The number of likely N-dealkylation sites (N-methyl/N-ethyl adjacent to an activating group) is 1. The number of hydrogen-bond acceptors (Lipinski definition) is 11. The van der Waals surface area contributed by atoms with E-state index in [9.17, 15) is 23.6 Å². The molecule has 8 rings (SSSR count). The minimum Gasteiger partial charge on any atom is -0.464 e. The average molecular weight is 928 g/mol. The Kier molecular flexibility index (Phi) is 14.2. The van der Waals surface area contributed by atoms with Crippen LogP contribution >= 0.6 is 11.3 Å². The van der Waals surface area contributed by atoms with Crippen LogP contribution in [0.5, 0.6) is 0 Å². The zero-order chi connectivity index (χ0) is 47.0. The van der Waals surface area contributed by atoms with E-state index in [-0.39, 0.29) is 37.1 Å². The number of pyridine rings is 1. The topological polar surface area (TPSA) is 154 Å². The number of methoxy groups -OCH3 is 1. The van der Waals surface area contributed by atoms with Gasteiger partial charge in [0.2, 0.25) is 5.91 Å². The van der Waals surface area contributed by atoms with Crippen LogP contribution in [0.2, 0.25) is 0 Å². The molecule has 4 amide bonds. The van der Waals surface area contributed by atoms with Crippen LogP contribution in [0.3, 0.4) is 0 Å². The Morgan fingerprint density at radius 2 is 1.86 bits per heavy atom. The summed E-state index contributed by atoms with van der Waals surface area (Å²) in [5.41, 5.74) is 9.32. The van der Waals surface area contributed by atoms with Crippen LogP contribution in [0.15, 0.2) is 41.9 Å². The first-order valence-electron chi connectivity index (χ1n) is 23.6. The molecule has 6 bridgehead atoms. The molecule has 0 aliphatic carbocycles. The summed E-state index contributed by atoms with van der Waals surface area (Å²) in [6.45, 7) is 15.2. The fraction of sp³-hybridized carbons (Fsp3) is 0.592.